The van der Waals surface area contributed by atoms with Gasteiger partial charge in [-0.1, -0.05) is 20.4 Å². The Kier molecular flexibility index (Phi) is 5.28. The summed E-state index contributed by atoms with van der Waals surface area (Å²) in [6, 6.07) is 0. The average molecular weight is 204 g/mol. The van der Waals surface area contributed by atoms with Crippen molar-refractivity contribution in [2.24, 2.45) is 5.92 Å². The van der Waals surface area contributed by atoms with Gasteiger partial charge in [0, 0.05) is 11.6 Å². The summed E-state index contributed by atoms with van der Waals surface area (Å²) in [4.78, 5) is 0. The summed E-state index contributed by atoms with van der Waals surface area (Å²) < 4.78 is 38.3. The highest BCUT2D eigenvalue weighted by Crippen LogP contribution is 2.25. The average Bonchev–Trinajstić information content (AvgIpc) is 1.97. The molecular formula is C11H15F3. The molecule has 80 valence electrons. The third-order valence-electron chi connectivity index (χ3n) is 1.55. The van der Waals surface area contributed by atoms with E-state index >= 15 is 0 Å². The van der Waals surface area contributed by atoms with Gasteiger partial charge in [-0.2, -0.15) is 0 Å². The molecule has 0 radical (unpaired) electrons. The molecule has 0 saturated carbocycles. The summed E-state index contributed by atoms with van der Waals surface area (Å²) in [5.41, 5.74) is -0.156. The fourth-order valence-electron chi connectivity index (χ4n) is 1.01. The molecule has 0 saturated heterocycles. The van der Waals surface area contributed by atoms with Gasteiger partial charge in [0.2, 0.25) is 0 Å². The van der Waals surface area contributed by atoms with Gasteiger partial charge in [0.1, 0.15) is 11.7 Å². The second-order valence-electron chi connectivity index (χ2n) is 3.56. The molecule has 0 unspecified atom stereocenters. The van der Waals surface area contributed by atoms with Crippen molar-refractivity contribution in [2.45, 2.75) is 27.2 Å². The van der Waals surface area contributed by atoms with E-state index in [4.69, 9.17) is 0 Å². The Bertz CT molecular complexity index is 268. The molecule has 0 aromatic rings. The highest BCUT2D eigenvalue weighted by molar-refractivity contribution is 5.32. The SMILES string of the molecule is C=C(F)/C(CC(C)C)=C(F)\C=C(/C)F. The summed E-state index contributed by atoms with van der Waals surface area (Å²) in [7, 11) is 0. The Morgan fingerprint density at radius 1 is 1.29 bits per heavy atom. The van der Waals surface area contributed by atoms with Crippen LogP contribution in [0.1, 0.15) is 27.2 Å². The smallest absolute Gasteiger partial charge is 0.131 e. The van der Waals surface area contributed by atoms with Crippen molar-refractivity contribution in [3.8, 4) is 0 Å². The number of rotatable bonds is 4. The molecule has 0 heterocycles. The second-order valence-corrected chi connectivity index (χ2v) is 3.56. The molecule has 0 aliphatic rings. The fraction of sp³-hybridized carbons (Fsp3) is 0.455. The quantitative estimate of drug-likeness (QED) is 0.586. The van der Waals surface area contributed by atoms with Crippen LogP contribution in [-0.4, -0.2) is 0 Å². The summed E-state index contributed by atoms with van der Waals surface area (Å²) in [5.74, 6) is -2.32. The van der Waals surface area contributed by atoms with Crippen molar-refractivity contribution >= 4 is 0 Å². The van der Waals surface area contributed by atoms with Crippen molar-refractivity contribution in [3.63, 3.8) is 0 Å². The maximum Gasteiger partial charge on any atom is 0.131 e. The Morgan fingerprint density at radius 3 is 2.07 bits per heavy atom. The first-order chi connectivity index (χ1) is 6.34. The Hall–Kier alpha value is -0.990. The van der Waals surface area contributed by atoms with E-state index in [0.29, 0.717) is 6.08 Å². The van der Waals surface area contributed by atoms with Crippen LogP contribution in [0.15, 0.2) is 35.7 Å². The van der Waals surface area contributed by atoms with Crippen LogP contribution >= 0.6 is 0 Å². The molecule has 0 nitrogen and oxygen atoms in total. The number of hydrogen-bond acceptors (Lipinski definition) is 0. The molecular weight excluding hydrogens is 189 g/mol. The van der Waals surface area contributed by atoms with Gasteiger partial charge in [0.25, 0.3) is 0 Å². The van der Waals surface area contributed by atoms with Crippen molar-refractivity contribution in [1.82, 2.24) is 0 Å². The molecule has 0 atom stereocenters. The van der Waals surface area contributed by atoms with E-state index in [2.05, 4.69) is 6.58 Å². The van der Waals surface area contributed by atoms with E-state index in [1.54, 1.807) is 0 Å². The third-order valence-corrected chi connectivity index (χ3v) is 1.55. The van der Waals surface area contributed by atoms with Gasteiger partial charge >= 0.3 is 0 Å². The molecule has 0 spiro atoms. The number of hydrogen-bond donors (Lipinski definition) is 0. The molecule has 3 heteroatoms. The van der Waals surface area contributed by atoms with Crippen molar-refractivity contribution in [2.75, 3.05) is 0 Å². The molecule has 0 rings (SSSR count). The molecule has 0 aromatic carbocycles. The Balaban J connectivity index is 4.96. The molecule has 0 N–H and O–H groups in total. The molecule has 0 bridgehead atoms. The Morgan fingerprint density at radius 2 is 1.79 bits per heavy atom. The fourth-order valence-corrected chi connectivity index (χ4v) is 1.01. The van der Waals surface area contributed by atoms with E-state index in [0.717, 1.165) is 6.92 Å². The topological polar surface area (TPSA) is 0 Å². The normalized spacial score (nSPS) is 14.4. The van der Waals surface area contributed by atoms with Crippen LogP contribution < -0.4 is 0 Å². The highest BCUT2D eigenvalue weighted by Gasteiger charge is 2.11. The van der Waals surface area contributed by atoms with Crippen LogP contribution in [0.2, 0.25) is 0 Å². The summed E-state index contributed by atoms with van der Waals surface area (Å²) in [6.07, 6.45) is 0.882. The van der Waals surface area contributed by atoms with Gasteiger partial charge in [0.05, 0.1) is 5.83 Å². The third kappa shape index (κ3) is 4.90. The van der Waals surface area contributed by atoms with Crippen LogP contribution in [-0.2, 0) is 0 Å². The number of allylic oxidation sites excluding steroid dienone is 5. The van der Waals surface area contributed by atoms with Crippen molar-refractivity contribution < 1.29 is 13.2 Å². The molecule has 14 heavy (non-hydrogen) atoms. The summed E-state index contributed by atoms with van der Waals surface area (Å²) in [5, 5.41) is 0. The maximum absolute atomic E-state index is 13.2. The zero-order valence-corrected chi connectivity index (χ0v) is 8.70. The van der Waals surface area contributed by atoms with Gasteiger partial charge in [-0.3, -0.25) is 0 Å². The molecule has 0 fully saturated rings. The lowest BCUT2D eigenvalue weighted by molar-refractivity contribution is 0.551. The van der Waals surface area contributed by atoms with Crippen LogP contribution in [0.25, 0.3) is 0 Å². The van der Waals surface area contributed by atoms with E-state index in [9.17, 15) is 13.2 Å². The van der Waals surface area contributed by atoms with Gasteiger partial charge in [-0.05, 0) is 19.3 Å². The van der Waals surface area contributed by atoms with E-state index in [-0.39, 0.29) is 17.9 Å². The second kappa shape index (κ2) is 5.68. The van der Waals surface area contributed by atoms with E-state index in [1.165, 1.54) is 0 Å². The summed E-state index contributed by atoms with van der Waals surface area (Å²) in [6.45, 7) is 7.77. The number of halogens is 3. The predicted molar refractivity (Wildman–Crippen MR) is 52.7 cm³/mol. The van der Waals surface area contributed by atoms with Crippen LogP contribution in [0.5, 0.6) is 0 Å². The zero-order chi connectivity index (χ0) is 11.3. The van der Waals surface area contributed by atoms with Crippen molar-refractivity contribution in [3.05, 3.63) is 35.7 Å². The standard InChI is InChI=1S/C11H15F3/c1-7(2)5-10(9(4)13)11(14)6-8(3)12/h6-7H,4-5H2,1-3H3/b8-6+,11-10+. The van der Waals surface area contributed by atoms with Crippen LogP contribution in [0, 0.1) is 5.92 Å². The summed E-state index contributed by atoms with van der Waals surface area (Å²) >= 11 is 0. The largest absolute Gasteiger partial charge is 0.212 e. The van der Waals surface area contributed by atoms with E-state index < -0.39 is 17.5 Å². The van der Waals surface area contributed by atoms with Crippen LogP contribution in [0.4, 0.5) is 13.2 Å². The first-order valence-corrected chi connectivity index (χ1v) is 4.41. The molecule has 0 amide bonds. The first-order valence-electron chi connectivity index (χ1n) is 4.41. The predicted octanol–water partition coefficient (Wildman–Crippen LogP) is 4.61. The van der Waals surface area contributed by atoms with Crippen molar-refractivity contribution in [1.29, 1.82) is 0 Å². The molecule has 0 aromatic heterocycles. The first kappa shape index (κ1) is 13.0. The monoisotopic (exact) mass is 204 g/mol. The molecule has 0 aliphatic heterocycles. The lowest BCUT2D eigenvalue weighted by atomic mass is 10.0. The zero-order valence-electron chi connectivity index (χ0n) is 8.70. The maximum atomic E-state index is 13.2. The Labute approximate surface area is 82.8 Å². The molecule has 0 aliphatic carbocycles. The minimum absolute atomic E-state index is 0.0940. The lowest BCUT2D eigenvalue weighted by Crippen LogP contribution is -1.94. The minimum Gasteiger partial charge on any atom is -0.212 e. The van der Waals surface area contributed by atoms with Gasteiger partial charge in [-0.25, -0.2) is 13.2 Å². The lowest BCUT2D eigenvalue weighted by Gasteiger charge is -2.07. The minimum atomic E-state index is -0.883. The van der Waals surface area contributed by atoms with Gasteiger partial charge in [-0.15, -0.1) is 0 Å². The van der Waals surface area contributed by atoms with Gasteiger partial charge in [0.15, 0.2) is 0 Å². The van der Waals surface area contributed by atoms with Crippen LogP contribution in [0.3, 0.4) is 0 Å². The van der Waals surface area contributed by atoms with Gasteiger partial charge < -0.3 is 0 Å². The van der Waals surface area contributed by atoms with E-state index in [1.807, 2.05) is 13.8 Å². The highest BCUT2D eigenvalue weighted by atomic mass is 19.1.